The highest BCUT2D eigenvalue weighted by atomic mass is 16.5. The molecule has 2 fully saturated rings. The molecule has 2 unspecified atom stereocenters. The molecule has 2 aliphatic heterocycles. The lowest BCUT2D eigenvalue weighted by atomic mass is 9.81. The van der Waals surface area contributed by atoms with Gasteiger partial charge in [0.05, 0.1) is 25.4 Å². The average molecular weight is 263 g/mol. The second kappa shape index (κ2) is 5.21. The van der Waals surface area contributed by atoms with Crippen molar-refractivity contribution in [2.75, 3.05) is 19.8 Å². The van der Waals surface area contributed by atoms with Gasteiger partial charge in [0.25, 0.3) is 0 Å². The molecule has 4 heteroatoms. The molecule has 104 valence electrons. The van der Waals surface area contributed by atoms with Crippen molar-refractivity contribution in [1.29, 1.82) is 0 Å². The van der Waals surface area contributed by atoms with Crippen LogP contribution in [-0.2, 0) is 11.3 Å². The highest BCUT2D eigenvalue weighted by Crippen LogP contribution is 2.35. The van der Waals surface area contributed by atoms with Crippen LogP contribution in [0.25, 0.3) is 0 Å². The maximum Gasteiger partial charge on any atom is 0.0908 e. The van der Waals surface area contributed by atoms with Crippen molar-refractivity contribution in [3.63, 3.8) is 0 Å². The third-order valence-electron chi connectivity index (χ3n) is 4.29. The van der Waals surface area contributed by atoms with Gasteiger partial charge in [0, 0.05) is 18.6 Å². The van der Waals surface area contributed by atoms with Crippen molar-refractivity contribution in [1.82, 2.24) is 4.90 Å². The van der Waals surface area contributed by atoms with E-state index in [-0.39, 0.29) is 18.7 Å². The molecule has 4 nitrogen and oxygen atoms in total. The van der Waals surface area contributed by atoms with Gasteiger partial charge in [-0.25, -0.2) is 0 Å². The van der Waals surface area contributed by atoms with E-state index in [1.165, 1.54) is 5.56 Å². The fourth-order valence-electron chi connectivity index (χ4n) is 3.32. The minimum absolute atomic E-state index is 0.154. The Hall–Kier alpha value is -0.940. The summed E-state index contributed by atoms with van der Waals surface area (Å²) in [4.78, 5) is 2.42. The van der Waals surface area contributed by atoms with Crippen molar-refractivity contribution in [2.24, 2.45) is 0 Å². The number of benzene rings is 1. The molecule has 2 atom stereocenters. The predicted molar refractivity (Wildman–Crippen MR) is 71.6 cm³/mol. The van der Waals surface area contributed by atoms with Gasteiger partial charge in [-0.1, -0.05) is 30.3 Å². The minimum atomic E-state index is -0.924. The van der Waals surface area contributed by atoms with Crippen LogP contribution in [0.1, 0.15) is 18.4 Å². The van der Waals surface area contributed by atoms with Crippen molar-refractivity contribution in [3.05, 3.63) is 35.9 Å². The number of aliphatic hydroxyl groups excluding tert-OH is 1. The quantitative estimate of drug-likeness (QED) is 0.846. The molecule has 0 amide bonds. The van der Waals surface area contributed by atoms with Gasteiger partial charge in [0.15, 0.2) is 0 Å². The highest BCUT2D eigenvalue weighted by Gasteiger charge is 2.45. The Morgan fingerprint density at radius 3 is 2.37 bits per heavy atom. The summed E-state index contributed by atoms with van der Waals surface area (Å²) in [7, 11) is 0. The molecule has 2 bridgehead atoms. The van der Waals surface area contributed by atoms with Gasteiger partial charge < -0.3 is 14.9 Å². The molecule has 2 aliphatic rings. The Labute approximate surface area is 113 Å². The zero-order valence-corrected chi connectivity index (χ0v) is 11.0. The molecule has 0 saturated carbocycles. The van der Waals surface area contributed by atoms with E-state index in [4.69, 9.17) is 4.74 Å². The number of morpholine rings is 1. The second-order valence-electron chi connectivity index (χ2n) is 5.79. The van der Waals surface area contributed by atoms with E-state index in [0.717, 1.165) is 6.54 Å². The Kier molecular flexibility index (Phi) is 3.58. The fourth-order valence-corrected chi connectivity index (χ4v) is 3.32. The number of piperidine rings is 1. The summed E-state index contributed by atoms with van der Waals surface area (Å²) in [6, 6.07) is 10.8. The lowest BCUT2D eigenvalue weighted by Gasteiger charge is -2.51. The van der Waals surface area contributed by atoms with Gasteiger partial charge >= 0.3 is 0 Å². The number of ether oxygens (including phenoxy) is 1. The Morgan fingerprint density at radius 1 is 1.16 bits per heavy atom. The second-order valence-corrected chi connectivity index (χ2v) is 5.79. The minimum Gasteiger partial charge on any atom is -0.393 e. The normalized spacial score (nSPS) is 35.3. The van der Waals surface area contributed by atoms with Gasteiger partial charge in [0.2, 0.25) is 0 Å². The van der Waals surface area contributed by atoms with E-state index < -0.39 is 5.60 Å². The molecule has 1 aromatic rings. The molecular formula is C15H21NO3. The smallest absolute Gasteiger partial charge is 0.0908 e. The standard InChI is InChI=1S/C15H21NO3/c17-11-15(18)6-13-9-19-10-14(7-15)16(13)8-12-4-2-1-3-5-12/h1-5,13-14,17-18H,6-11H2. The van der Waals surface area contributed by atoms with Crippen LogP contribution < -0.4 is 0 Å². The van der Waals surface area contributed by atoms with Crippen LogP contribution in [0.5, 0.6) is 0 Å². The van der Waals surface area contributed by atoms with E-state index in [9.17, 15) is 10.2 Å². The first-order valence-electron chi connectivity index (χ1n) is 6.91. The number of aliphatic hydroxyl groups is 2. The summed E-state index contributed by atoms with van der Waals surface area (Å²) in [6.45, 7) is 2.03. The van der Waals surface area contributed by atoms with Crippen LogP contribution in [0, 0.1) is 0 Å². The molecule has 3 rings (SSSR count). The van der Waals surface area contributed by atoms with Crippen LogP contribution in [0.2, 0.25) is 0 Å². The topological polar surface area (TPSA) is 52.9 Å². The Balaban J connectivity index is 1.76. The van der Waals surface area contributed by atoms with Gasteiger partial charge in [-0.3, -0.25) is 4.90 Å². The molecule has 0 aliphatic carbocycles. The average Bonchev–Trinajstić information content (AvgIpc) is 2.41. The van der Waals surface area contributed by atoms with Crippen molar-refractivity contribution >= 4 is 0 Å². The molecule has 2 N–H and O–H groups in total. The fraction of sp³-hybridized carbons (Fsp3) is 0.600. The van der Waals surface area contributed by atoms with Gasteiger partial charge in [0.1, 0.15) is 0 Å². The van der Waals surface area contributed by atoms with Gasteiger partial charge in [-0.15, -0.1) is 0 Å². The number of hydrogen-bond donors (Lipinski definition) is 2. The molecule has 0 aromatic heterocycles. The Bertz CT molecular complexity index is 409. The summed E-state index contributed by atoms with van der Waals surface area (Å²) in [5.41, 5.74) is 0.362. The van der Waals surface area contributed by atoms with Crippen LogP contribution in [0.15, 0.2) is 30.3 Å². The van der Waals surface area contributed by atoms with E-state index in [2.05, 4.69) is 29.2 Å². The zero-order valence-electron chi connectivity index (χ0n) is 11.0. The molecule has 0 spiro atoms. The molecule has 0 radical (unpaired) electrons. The Morgan fingerprint density at radius 2 is 1.79 bits per heavy atom. The van der Waals surface area contributed by atoms with Crippen LogP contribution in [0.4, 0.5) is 0 Å². The predicted octanol–water partition coefficient (Wildman–Crippen LogP) is 0.773. The third kappa shape index (κ3) is 2.67. The molecule has 2 saturated heterocycles. The number of nitrogens with zero attached hydrogens (tertiary/aromatic N) is 1. The van der Waals surface area contributed by atoms with Crippen LogP contribution in [0.3, 0.4) is 0 Å². The monoisotopic (exact) mass is 263 g/mol. The van der Waals surface area contributed by atoms with E-state index in [1.54, 1.807) is 0 Å². The van der Waals surface area contributed by atoms with Crippen LogP contribution >= 0.6 is 0 Å². The van der Waals surface area contributed by atoms with Gasteiger partial charge in [-0.2, -0.15) is 0 Å². The largest absolute Gasteiger partial charge is 0.393 e. The lowest BCUT2D eigenvalue weighted by Crippen LogP contribution is -2.62. The summed E-state index contributed by atoms with van der Waals surface area (Å²) in [5.74, 6) is 0. The van der Waals surface area contributed by atoms with Gasteiger partial charge in [-0.05, 0) is 18.4 Å². The summed E-state index contributed by atoms with van der Waals surface area (Å²) < 4.78 is 5.61. The highest BCUT2D eigenvalue weighted by molar-refractivity contribution is 5.15. The molecule has 2 heterocycles. The van der Waals surface area contributed by atoms with E-state index in [1.807, 2.05) is 6.07 Å². The third-order valence-corrected chi connectivity index (χ3v) is 4.29. The van der Waals surface area contributed by atoms with Crippen molar-refractivity contribution in [2.45, 2.75) is 37.1 Å². The molecule has 19 heavy (non-hydrogen) atoms. The lowest BCUT2D eigenvalue weighted by molar-refractivity contribution is -0.158. The van der Waals surface area contributed by atoms with E-state index >= 15 is 0 Å². The van der Waals surface area contributed by atoms with Crippen molar-refractivity contribution < 1.29 is 14.9 Å². The summed E-state index contributed by atoms with van der Waals surface area (Å²) in [6.07, 6.45) is 1.18. The molecule has 1 aromatic carbocycles. The number of hydrogen-bond acceptors (Lipinski definition) is 4. The molecular weight excluding hydrogens is 242 g/mol. The summed E-state index contributed by atoms with van der Waals surface area (Å²) in [5, 5.41) is 19.7. The SMILES string of the molecule is OCC1(O)CC2COCC(C1)N2Cc1ccccc1. The number of rotatable bonds is 3. The maximum atomic E-state index is 10.3. The first-order valence-corrected chi connectivity index (χ1v) is 6.91. The van der Waals surface area contributed by atoms with Crippen molar-refractivity contribution in [3.8, 4) is 0 Å². The maximum absolute atomic E-state index is 10.3. The van der Waals surface area contributed by atoms with E-state index in [0.29, 0.717) is 26.1 Å². The van der Waals surface area contributed by atoms with Crippen LogP contribution in [-0.4, -0.2) is 52.6 Å². The summed E-state index contributed by atoms with van der Waals surface area (Å²) >= 11 is 0. The number of fused-ring (bicyclic) bond motifs is 2. The zero-order chi connectivity index (χ0) is 13.3. The first kappa shape index (κ1) is 13.1. The first-order chi connectivity index (χ1) is 9.20.